The Morgan fingerprint density at radius 2 is 0.875 bits per heavy atom. The van der Waals surface area contributed by atoms with Crippen LogP contribution in [0.1, 0.15) is 6.42 Å². The Kier molecular flexibility index (Phi) is 6.53. The monoisotopic (exact) mass is 498 g/mol. The third kappa shape index (κ3) is 3.69. The van der Waals surface area contributed by atoms with Crippen LogP contribution in [0.3, 0.4) is 0 Å². The molecule has 0 aliphatic heterocycles. The van der Waals surface area contributed by atoms with Crippen molar-refractivity contribution in [2.75, 3.05) is 0 Å². The molecule has 0 saturated carbocycles. The van der Waals surface area contributed by atoms with E-state index in [2.05, 4.69) is 0 Å². The van der Waals surface area contributed by atoms with E-state index in [4.69, 9.17) is 0 Å². The molecule has 0 aromatic rings. The van der Waals surface area contributed by atoms with Crippen molar-refractivity contribution in [1.82, 2.24) is 0 Å². The minimum absolute atomic E-state index is 0.693. The summed E-state index contributed by atoms with van der Waals surface area (Å²) in [6, 6.07) is 0. The van der Waals surface area contributed by atoms with Gasteiger partial charge in [-0.15, -0.1) is 0 Å². The first-order valence-corrected chi connectivity index (χ1v) is 15.0. The first-order valence-electron chi connectivity index (χ1n) is 6.12. The van der Waals surface area contributed by atoms with Crippen LogP contribution in [-0.2, 0) is 0 Å². The van der Waals surface area contributed by atoms with Gasteiger partial charge < -0.3 is 0 Å². The van der Waals surface area contributed by atoms with Crippen LogP contribution in [0.4, 0.5) is 57.1 Å². The Labute approximate surface area is 134 Å². The molecule has 0 rings (SSSR count). The van der Waals surface area contributed by atoms with E-state index in [0.29, 0.717) is 0 Å². The molecule has 14 heteroatoms. The van der Waals surface area contributed by atoms with Crippen LogP contribution >= 0.6 is 0 Å². The Morgan fingerprint density at radius 3 is 1.17 bits per heavy atom. The van der Waals surface area contributed by atoms with Crippen molar-refractivity contribution in [1.29, 1.82) is 0 Å². The molecule has 0 amide bonds. The second-order valence-electron chi connectivity index (χ2n) is 5.43. The summed E-state index contributed by atoms with van der Waals surface area (Å²) in [5.74, 6) is -36.1. The summed E-state index contributed by atoms with van der Waals surface area (Å²) in [4.78, 5) is 2.75. The Bertz CT molecular complexity index is 437. The van der Waals surface area contributed by atoms with Crippen molar-refractivity contribution in [3.63, 3.8) is 0 Å². The second kappa shape index (κ2) is 6.56. The number of halogens is 13. The van der Waals surface area contributed by atoms with Crippen LogP contribution in [0, 0.1) is 0 Å². The van der Waals surface area contributed by atoms with Gasteiger partial charge >= 0.3 is 133 Å². The zero-order chi connectivity index (χ0) is 20.0. The molecule has 0 nitrogen and oxygen atoms in total. The molecule has 24 heavy (non-hydrogen) atoms. The van der Waals surface area contributed by atoms with Gasteiger partial charge in [-0.2, -0.15) is 0 Å². The average Bonchev–Trinajstić information content (AvgIpc) is 2.34. The van der Waals surface area contributed by atoms with Crippen LogP contribution in [-0.4, -0.2) is 55.5 Å². The average molecular weight is 497 g/mol. The van der Waals surface area contributed by atoms with E-state index in [0.717, 1.165) is 0 Å². The summed E-state index contributed by atoms with van der Waals surface area (Å²) in [6.45, 7) is 0. The zero-order valence-electron chi connectivity index (χ0n) is 11.9. The molecule has 0 heterocycles. The van der Waals surface area contributed by atoms with E-state index in [1.165, 1.54) is 9.88 Å². The Morgan fingerprint density at radius 1 is 0.542 bits per heavy atom. The van der Waals surface area contributed by atoms with Gasteiger partial charge in [0.2, 0.25) is 0 Å². The van der Waals surface area contributed by atoms with Crippen molar-refractivity contribution in [2.24, 2.45) is 0 Å². The molecule has 0 aliphatic rings. The molecule has 0 spiro atoms. The van der Waals surface area contributed by atoms with Gasteiger partial charge in [-0.3, -0.25) is 0 Å². The van der Waals surface area contributed by atoms with Crippen molar-refractivity contribution < 1.29 is 57.1 Å². The standard InChI is InChI=1S/C8H4F13.2CH3.Sn.H/c1-2-3(9,10)4(11,12)5(13,14)6(15,16)7(17,18)8(19,20)21;;;;/h1-2H2;2*1H3;;. The van der Waals surface area contributed by atoms with Crippen molar-refractivity contribution in [2.45, 2.75) is 56.5 Å². The molecule has 0 unspecified atom stereocenters. The van der Waals surface area contributed by atoms with Crippen LogP contribution in [0.15, 0.2) is 0 Å². The minimum atomic E-state index is -7.80. The van der Waals surface area contributed by atoms with Gasteiger partial charge in [0.25, 0.3) is 0 Å². The molecule has 0 saturated heterocycles. The SMILES string of the molecule is [CH3][SnH]([CH3])[CH2]CC(F)(F)C(F)(F)C(F)(F)C(F)(F)C(F)(F)C(F)(F)F. The van der Waals surface area contributed by atoms with Gasteiger partial charge in [-0.1, -0.05) is 0 Å². The number of rotatable bonds is 7. The molecular formula is C10H11F13Sn. The predicted molar refractivity (Wildman–Crippen MR) is 59.1 cm³/mol. The van der Waals surface area contributed by atoms with E-state index in [1.807, 2.05) is 0 Å². The molecule has 0 fully saturated rings. The molecule has 0 atom stereocenters. The number of hydrogen-bond acceptors (Lipinski definition) is 0. The van der Waals surface area contributed by atoms with Crippen molar-refractivity contribution >= 4 is 19.8 Å². The fourth-order valence-corrected chi connectivity index (χ4v) is 4.11. The molecule has 0 radical (unpaired) electrons. The van der Waals surface area contributed by atoms with Gasteiger partial charge in [-0.05, 0) is 0 Å². The Balaban J connectivity index is 6.01. The van der Waals surface area contributed by atoms with Gasteiger partial charge in [0, 0.05) is 0 Å². The number of alkyl halides is 13. The van der Waals surface area contributed by atoms with E-state index in [-0.39, 0.29) is 0 Å². The molecule has 0 aromatic carbocycles. The predicted octanol–water partition coefficient (Wildman–Crippen LogP) is 5.60. The molecular weight excluding hydrogens is 486 g/mol. The quantitative estimate of drug-likeness (QED) is 0.318. The van der Waals surface area contributed by atoms with Crippen LogP contribution in [0.2, 0.25) is 14.3 Å². The molecule has 0 N–H and O–H groups in total. The van der Waals surface area contributed by atoms with Gasteiger partial charge in [-0.25, -0.2) is 0 Å². The molecule has 0 aliphatic carbocycles. The van der Waals surface area contributed by atoms with E-state index in [9.17, 15) is 57.1 Å². The Hall–Kier alpha value is -0.111. The van der Waals surface area contributed by atoms with Crippen LogP contribution in [0.5, 0.6) is 0 Å². The summed E-state index contributed by atoms with van der Waals surface area (Å²) in [5, 5.41) is 0. The molecule has 0 aromatic heterocycles. The fourth-order valence-electron chi connectivity index (χ4n) is 1.43. The first-order chi connectivity index (χ1) is 10.2. The maximum atomic E-state index is 13.2. The van der Waals surface area contributed by atoms with E-state index >= 15 is 0 Å². The fraction of sp³-hybridized carbons (Fsp3) is 1.00. The third-order valence-electron chi connectivity index (χ3n) is 3.03. The van der Waals surface area contributed by atoms with Crippen molar-refractivity contribution in [3.05, 3.63) is 0 Å². The van der Waals surface area contributed by atoms with Crippen LogP contribution in [0.25, 0.3) is 0 Å². The normalized spacial score (nSPS) is 16.0. The molecule has 0 bridgehead atoms. The topological polar surface area (TPSA) is 0 Å². The van der Waals surface area contributed by atoms with Crippen LogP contribution < -0.4 is 0 Å². The van der Waals surface area contributed by atoms with E-state index < -0.39 is 66.4 Å². The second-order valence-corrected chi connectivity index (χ2v) is 15.0. The molecule has 146 valence electrons. The van der Waals surface area contributed by atoms with Gasteiger partial charge in [0.15, 0.2) is 0 Å². The third-order valence-corrected chi connectivity index (χ3v) is 7.15. The summed E-state index contributed by atoms with van der Waals surface area (Å²) >= 11 is -2.73. The van der Waals surface area contributed by atoms with Gasteiger partial charge in [0.05, 0.1) is 0 Å². The summed E-state index contributed by atoms with van der Waals surface area (Å²) in [7, 11) is 0. The maximum absolute atomic E-state index is 13.2. The van der Waals surface area contributed by atoms with Crippen molar-refractivity contribution in [3.8, 4) is 0 Å². The number of hydrogen-bond donors (Lipinski definition) is 0. The van der Waals surface area contributed by atoms with E-state index in [1.54, 1.807) is 0 Å². The zero-order valence-corrected chi connectivity index (χ0v) is 15.2. The summed E-state index contributed by atoms with van der Waals surface area (Å²) in [6.07, 6.45) is -9.39. The first kappa shape index (κ1) is 23.9. The summed E-state index contributed by atoms with van der Waals surface area (Å²) in [5.41, 5.74) is 0. The van der Waals surface area contributed by atoms with Gasteiger partial charge in [0.1, 0.15) is 0 Å². The summed E-state index contributed by atoms with van der Waals surface area (Å²) < 4.78 is 164.